The molecule has 0 radical (unpaired) electrons. The fourth-order valence-corrected chi connectivity index (χ4v) is 4.53. The summed E-state index contributed by atoms with van der Waals surface area (Å²) in [5.74, 6) is -0.194. The third-order valence-electron chi connectivity index (χ3n) is 4.51. The highest BCUT2D eigenvalue weighted by molar-refractivity contribution is 9.10. The maximum atomic E-state index is 12.5. The number of aromatic hydroxyl groups is 1. The molecule has 0 aliphatic carbocycles. The Balaban J connectivity index is 1.64. The number of imidazole rings is 1. The molecule has 0 saturated heterocycles. The first-order valence-electron chi connectivity index (χ1n) is 8.31. The number of nitrogens with one attached hydrogen (secondary N) is 1. The first kappa shape index (κ1) is 17.1. The molecule has 7 nitrogen and oxygen atoms in total. The predicted molar refractivity (Wildman–Crippen MR) is 108 cm³/mol. The van der Waals surface area contributed by atoms with E-state index < -0.39 is 5.91 Å². The van der Waals surface area contributed by atoms with Crippen molar-refractivity contribution in [1.82, 2.24) is 14.5 Å². The lowest BCUT2D eigenvalue weighted by molar-refractivity contribution is -0.112. The second kappa shape index (κ2) is 6.25. The topological polar surface area (TPSA) is 100 Å². The maximum Gasteiger partial charge on any atom is 0.311 e. The van der Waals surface area contributed by atoms with Gasteiger partial charge in [0, 0.05) is 9.69 Å². The van der Waals surface area contributed by atoms with Gasteiger partial charge in [-0.3, -0.25) is 14.2 Å². The molecule has 4 aromatic rings. The third-order valence-corrected chi connectivity index (χ3v) is 5.98. The van der Waals surface area contributed by atoms with Crippen molar-refractivity contribution < 1.29 is 9.90 Å². The number of hydrogen-bond acceptors (Lipinski definition) is 5. The highest BCUT2D eigenvalue weighted by Gasteiger charge is 2.26. The maximum absolute atomic E-state index is 12.5. The van der Waals surface area contributed by atoms with Gasteiger partial charge in [-0.1, -0.05) is 39.4 Å². The van der Waals surface area contributed by atoms with E-state index in [1.165, 1.54) is 4.57 Å². The van der Waals surface area contributed by atoms with Crippen molar-refractivity contribution in [2.45, 2.75) is 6.54 Å². The number of fused-ring (bicyclic) bond motifs is 2. The monoisotopic (exact) mass is 454 g/mol. The van der Waals surface area contributed by atoms with Gasteiger partial charge in [0.25, 0.3) is 5.91 Å². The van der Waals surface area contributed by atoms with E-state index in [2.05, 4.69) is 30.9 Å². The molecule has 0 fully saturated rings. The van der Waals surface area contributed by atoms with Crippen LogP contribution in [0.1, 0.15) is 10.7 Å². The van der Waals surface area contributed by atoms with Gasteiger partial charge in [0.15, 0.2) is 0 Å². The van der Waals surface area contributed by atoms with Gasteiger partial charge in [0.05, 0.1) is 28.5 Å². The summed E-state index contributed by atoms with van der Waals surface area (Å²) in [6, 6.07) is 12.8. The summed E-state index contributed by atoms with van der Waals surface area (Å²) >= 11 is 4.20. The molecule has 1 aliphatic rings. The van der Waals surface area contributed by atoms with Crippen LogP contribution in [-0.4, -0.2) is 25.5 Å². The Hall–Kier alpha value is -3.04. The number of H-pyrrole nitrogens is 1. The minimum atomic E-state index is -0.472. The van der Waals surface area contributed by atoms with Crippen molar-refractivity contribution in [3.05, 3.63) is 77.9 Å². The Kier molecular flexibility index (Phi) is 3.81. The highest BCUT2D eigenvalue weighted by Crippen LogP contribution is 2.29. The van der Waals surface area contributed by atoms with Crippen molar-refractivity contribution in [3.63, 3.8) is 0 Å². The standard InChI is InChI=1S/C19H11BrN4O3S/c20-9-5-6-11-10(7-9)15(17(25)23-11)16-18(26)24(19(27)28-16)8-14-21-12-3-1-2-4-13(12)22-14/h1-7,26H,8H2,(H,21,22). The summed E-state index contributed by atoms with van der Waals surface area (Å²) in [4.78, 5) is 36.4. The van der Waals surface area contributed by atoms with Crippen LogP contribution in [0, 0.1) is 0 Å². The predicted octanol–water partition coefficient (Wildman–Crippen LogP) is 1.66. The van der Waals surface area contributed by atoms with Gasteiger partial charge in [-0.25, -0.2) is 9.98 Å². The summed E-state index contributed by atoms with van der Waals surface area (Å²) in [6.07, 6.45) is 0. The summed E-state index contributed by atoms with van der Waals surface area (Å²) in [7, 11) is 0. The van der Waals surface area contributed by atoms with E-state index in [0.717, 1.165) is 26.8 Å². The van der Waals surface area contributed by atoms with Crippen molar-refractivity contribution in [2.75, 3.05) is 0 Å². The van der Waals surface area contributed by atoms with Crippen molar-refractivity contribution in [1.29, 1.82) is 0 Å². The molecule has 28 heavy (non-hydrogen) atoms. The SMILES string of the molecule is O=C1N=c2ccc(Br)cc2=C1c1sc(=O)n(Cc2nc3ccccc3[nH]2)c1O. The summed E-state index contributed by atoms with van der Waals surface area (Å²) < 4.78 is 1.98. The first-order chi connectivity index (χ1) is 13.5. The van der Waals surface area contributed by atoms with E-state index in [1.54, 1.807) is 18.2 Å². The fraction of sp³-hybridized carbons (Fsp3) is 0.0526. The normalized spacial score (nSPS) is 13.2. The van der Waals surface area contributed by atoms with E-state index in [1.807, 2.05) is 24.3 Å². The highest BCUT2D eigenvalue weighted by atomic mass is 79.9. The quantitative estimate of drug-likeness (QED) is 0.491. The number of aromatic amines is 1. The summed E-state index contributed by atoms with van der Waals surface area (Å²) in [6.45, 7) is 0.0692. The van der Waals surface area contributed by atoms with Crippen LogP contribution in [0.2, 0.25) is 0 Å². The summed E-state index contributed by atoms with van der Waals surface area (Å²) in [5, 5.41) is 11.8. The molecule has 0 saturated carbocycles. The lowest BCUT2D eigenvalue weighted by Crippen LogP contribution is -2.22. The minimum absolute atomic E-state index is 0.0692. The number of rotatable bonds is 3. The van der Waals surface area contributed by atoms with Crippen LogP contribution in [0.25, 0.3) is 16.6 Å². The zero-order chi connectivity index (χ0) is 19.4. The number of thiazole rings is 1. The van der Waals surface area contributed by atoms with Gasteiger partial charge in [-0.15, -0.1) is 0 Å². The van der Waals surface area contributed by atoms with Gasteiger partial charge in [0.1, 0.15) is 10.7 Å². The number of hydrogen-bond donors (Lipinski definition) is 2. The molecule has 0 bridgehead atoms. The van der Waals surface area contributed by atoms with Gasteiger partial charge < -0.3 is 10.1 Å². The summed E-state index contributed by atoms with van der Waals surface area (Å²) in [5.41, 5.74) is 1.86. The fourth-order valence-electron chi connectivity index (χ4n) is 3.24. The molecule has 2 N–H and O–H groups in total. The Morgan fingerprint density at radius 3 is 2.82 bits per heavy atom. The minimum Gasteiger partial charge on any atom is -0.493 e. The molecule has 5 rings (SSSR count). The van der Waals surface area contributed by atoms with Crippen LogP contribution < -0.4 is 15.4 Å². The number of amides is 1. The van der Waals surface area contributed by atoms with E-state index in [0.29, 0.717) is 16.4 Å². The van der Waals surface area contributed by atoms with Crippen LogP contribution in [0.15, 0.2) is 56.7 Å². The van der Waals surface area contributed by atoms with Gasteiger partial charge in [-0.05, 0) is 30.3 Å². The van der Waals surface area contributed by atoms with Crippen LogP contribution >= 0.6 is 27.3 Å². The zero-order valence-corrected chi connectivity index (χ0v) is 16.5. The van der Waals surface area contributed by atoms with Gasteiger partial charge in [0.2, 0.25) is 5.88 Å². The van der Waals surface area contributed by atoms with Crippen LogP contribution in [-0.2, 0) is 11.3 Å². The largest absolute Gasteiger partial charge is 0.493 e. The lowest BCUT2D eigenvalue weighted by Gasteiger charge is -2.02. The molecular formula is C19H11BrN4O3S. The second-order valence-corrected chi connectivity index (χ2v) is 8.14. The average Bonchev–Trinajstić information content (AvgIpc) is 3.30. The van der Waals surface area contributed by atoms with E-state index in [9.17, 15) is 14.7 Å². The Morgan fingerprint density at radius 2 is 2.00 bits per heavy atom. The zero-order valence-electron chi connectivity index (χ0n) is 14.1. The first-order valence-corrected chi connectivity index (χ1v) is 9.92. The number of carbonyl (C=O) groups is 1. The van der Waals surface area contributed by atoms with Crippen LogP contribution in [0.4, 0.5) is 0 Å². The molecule has 2 aromatic carbocycles. The number of para-hydroxylation sites is 2. The van der Waals surface area contributed by atoms with Crippen LogP contribution in [0.5, 0.6) is 5.88 Å². The average molecular weight is 455 g/mol. The van der Waals surface area contributed by atoms with E-state index in [4.69, 9.17) is 0 Å². The number of halogens is 1. The molecule has 0 atom stereocenters. The van der Waals surface area contributed by atoms with Crippen molar-refractivity contribution >= 4 is 49.8 Å². The van der Waals surface area contributed by atoms with Crippen LogP contribution in [0.3, 0.4) is 0 Å². The third kappa shape index (κ3) is 2.62. The van der Waals surface area contributed by atoms with Gasteiger partial charge in [-0.2, -0.15) is 0 Å². The molecule has 0 spiro atoms. The Bertz CT molecular complexity index is 1430. The van der Waals surface area contributed by atoms with Crippen molar-refractivity contribution in [2.24, 2.45) is 4.99 Å². The number of nitrogens with zero attached hydrogens (tertiary/aromatic N) is 3. The van der Waals surface area contributed by atoms with Crippen molar-refractivity contribution in [3.8, 4) is 5.88 Å². The second-order valence-electron chi connectivity index (χ2n) is 6.26. The molecule has 1 aliphatic heterocycles. The molecule has 2 aromatic heterocycles. The molecular weight excluding hydrogens is 444 g/mol. The van der Waals surface area contributed by atoms with E-state index in [-0.39, 0.29) is 27.7 Å². The molecule has 9 heteroatoms. The molecule has 138 valence electrons. The molecule has 3 heterocycles. The Morgan fingerprint density at radius 1 is 1.18 bits per heavy atom. The number of aromatic nitrogens is 3. The smallest absolute Gasteiger partial charge is 0.311 e. The Labute approximate surface area is 169 Å². The number of carbonyl (C=O) groups excluding carboxylic acids is 1. The lowest BCUT2D eigenvalue weighted by atomic mass is 10.1. The number of benzene rings is 2. The molecule has 1 amide bonds. The van der Waals surface area contributed by atoms with Gasteiger partial charge >= 0.3 is 4.87 Å². The molecule has 0 unspecified atom stereocenters. The van der Waals surface area contributed by atoms with E-state index >= 15 is 0 Å².